The Morgan fingerprint density at radius 3 is 2.60 bits per heavy atom. The summed E-state index contributed by atoms with van der Waals surface area (Å²) in [5.74, 6) is 6.52. The molecule has 1 aromatic heterocycles. The molecular weight excluding hydrogens is 460 g/mol. The summed E-state index contributed by atoms with van der Waals surface area (Å²) in [4.78, 5) is 1.93. The van der Waals surface area contributed by atoms with Gasteiger partial charge in [0.1, 0.15) is 18.5 Å². The number of halogens is 4. The number of benzene rings is 2. The van der Waals surface area contributed by atoms with E-state index < -0.39 is 24.9 Å². The molecule has 0 aliphatic carbocycles. The minimum Gasteiger partial charge on any atom is -0.497 e. The van der Waals surface area contributed by atoms with Gasteiger partial charge in [-0.2, -0.15) is 13.2 Å². The van der Waals surface area contributed by atoms with E-state index in [4.69, 9.17) is 4.74 Å². The van der Waals surface area contributed by atoms with Crippen molar-refractivity contribution in [1.82, 2.24) is 9.47 Å². The second-order valence-electron chi connectivity index (χ2n) is 8.67. The molecule has 3 aromatic rings. The molecule has 1 aliphatic heterocycles. The lowest BCUT2D eigenvalue weighted by atomic mass is 10.0. The fourth-order valence-corrected chi connectivity index (χ4v) is 4.27. The van der Waals surface area contributed by atoms with Crippen LogP contribution in [0, 0.1) is 11.8 Å². The minimum atomic E-state index is -4.41. The lowest BCUT2D eigenvalue weighted by molar-refractivity contribution is -0.140. The largest absolute Gasteiger partial charge is 0.497 e. The molecule has 5 nitrogen and oxygen atoms in total. The summed E-state index contributed by atoms with van der Waals surface area (Å²) in [7, 11) is 3.45. The third kappa shape index (κ3) is 6.20. The summed E-state index contributed by atoms with van der Waals surface area (Å²) < 4.78 is 61.1. The van der Waals surface area contributed by atoms with Crippen molar-refractivity contribution in [3.8, 4) is 17.6 Å². The van der Waals surface area contributed by atoms with Gasteiger partial charge in [-0.1, -0.05) is 12.0 Å². The fraction of sp³-hybridized carbons (Fsp3) is 0.385. The first kappa shape index (κ1) is 24.7. The van der Waals surface area contributed by atoms with Gasteiger partial charge in [0.2, 0.25) is 0 Å². The smallest absolute Gasteiger partial charge is 0.406 e. The Hall–Kier alpha value is -3.38. The van der Waals surface area contributed by atoms with Crippen LogP contribution < -0.4 is 15.4 Å². The topological polar surface area (TPSA) is 41.5 Å². The first-order valence-electron chi connectivity index (χ1n) is 11.4. The van der Waals surface area contributed by atoms with Gasteiger partial charge in [0, 0.05) is 29.9 Å². The highest BCUT2D eigenvalue weighted by Crippen LogP contribution is 2.31. The van der Waals surface area contributed by atoms with E-state index >= 15 is 0 Å². The van der Waals surface area contributed by atoms with Gasteiger partial charge in [-0.15, -0.1) is 0 Å². The van der Waals surface area contributed by atoms with Crippen LogP contribution in [0.4, 0.5) is 28.9 Å². The Kier molecular flexibility index (Phi) is 7.41. The minimum absolute atomic E-state index is 0.253. The first-order chi connectivity index (χ1) is 16.7. The number of anilines is 2. The number of fused-ring (bicyclic) bond motifs is 1. The zero-order valence-electron chi connectivity index (χ0n) is 19.6. The van der Waals surface area contributed by atoms with Crippen LogP contribution in [0.15, 0.2) is 48.5 Å². The van der Waals surface area contributed by atoms with Crippen molar-refractivity contribution in [2.75, 3.05) is 44.4 Å². The molecule has 2 aromatic carbocycles. The Balaban J connectivity index is 1.59. The van der Waals surface area contributed by atoms with E-state index in [9.17, 15) is 17.6 Å². The van der Waals surface area contributed by atoms with Gasteiger partial charge in [-0.05, 0) is 61.9 Å². The van der Waals surface area contributed by atoms with Gasteiger partial charge in [-0.3, -0.25) is 0 Å². The molecule has 0 spiro atoms. The Morgan fingerprint density at radius 2 is 1.91 bits per heavy atom. The molecular formula is C26H28F4N4O. The van der Waals surface area contributed by atoms with Crippen molar-refractivity contribution in [2.24, 2.45) is 0 Å². The van der Waals surface area contributed by atoms with E-state index in [0.29, 0.717) is 29.6 Å². The molecule has 2 heterocycles. The van der Waals surface area contributed by atoms with Crippen LogP contribution in [-0.4, -0.2) is 61.6 Å². The summed E-state index contributed by atoms with van der Waals surface area (Å²) in [6.07, 6.45) is -4.86. The number of rotatable bonds is 6. The molecule has 0 saturated carbocycles. The summed E-state index contributed by atoms with van der Waals surface area (Å²) in [6.45, 7) is 0.168. The third-order valence-corrected chi connectivity index (χ3v) is 6.06. The summed E-state index contributed by atoms with van der Waals surface area (Å²) in [6, 6.07) is 13.6. The van der Waals surface area contributed by atoms with Crippen LogP contribution in [-0.2, 0) is 6.54 Å². The number of piperidine rings is 1. The normalized spacial score (nSPS) is 18.7. The molecule has 35 heavy (non-hydrogen) atoms. The molecule has 1 saturated heterocycles. The van der Waals surface area contributed by atoms with Crippen LogP contribution in [0.25, 0.3) is 10.9 Å². The molecule has 1 fully saturated rings. The maximum atomic E-state index is 14.6. The molecule has 0 amide bonds. The molecule has 9 heteroatoms. The maximum Gasteiger partial charge on any atom is 0.406 e. The number of alkyl halides is 4. The third-order valence-electron chi connectivity index (χ3n) is 6.06. The predicted octanol–water partition coefficient (Wildman–Crippen LogP) is 5.13. The van der Waals surface area contributed by atoms with Crippen molar-refractivity contribution in [3.63, 3.8) is 0 Å². The Bertz CT molecular complexity index is 1210. The molecule has 0 unspecified atom stereocenters. The van der Waals surface area contributed by atoms with Gasteiger partial charge in [0.05, 0.1) is 30.9 Å². The zero-order valence-corrected chi connectivity index (χ0v) is 19.6. The van der Waals surface area contributed by atoms with Gasteiger partial charge >= 0.3 is 6.18 Å². The number of nitrogens with one attached hydrogen (secondary N) is 2. The number of methoxy groups -OCH3 is 1. The van der Waals surface area contributed by atoms with Crippen LogP contribution in [0.3, 0.4) is 0 Å². The molecule has 2 atom stereocenters. The Morgan fingerprint density at radius 1 is 1.14 bits per heavy atom. The van der Waals surface area contributed by atoms with Gasteiger partial charge < -0.3 is 24.8 Å². The maximum absolute atomic E-state index is 14.6. The first-order valence-corrected chi connectivity index (χ1v) is 11.4. The van der Waals surface area contributed by atoms with E-state index in [1.54, 1.807) is 43.5 Å². The number of nitrogens with zero attached hydrogens (tertiary/aromatic N) is 2. The summed E-state index contributed by atoms with van der Waals surface area (Å²) in [5, 5.41) is 6.94. The van der Waals surface area contributed by atoms with Gasteiger partial charge in [0.25, 0.3) is 0 Å². The van der Waals surface area contributed by atoms with Crippen LogP contribution >= 0.6 is 0 Å². The molecule has 0 bridgehead atoms. The molecule has 186 valence electrons. The summed E-state index contributed by atoms with van der Waals surface area (Å²) in [5.41, 5.74) is 2.09. The molecule has 4 rings (SSSR count). The van der Waals surface area contributed by atoms with Crippen LogP contribution in [0.5, 0.6) is 5.75 Å². The SMILES string of the molecule is COc1ccc(NCC#Cc2cc3c(N[C@@H]4CCN(C)C[C@@H]4F)cccc3n2CC(F)(F)F)cc1. The highest BCUT2D eigenvalue weighted by Gasteiger charge is 2.31. The average molecular weight is 489 g/mol. The van der Waals surface area contributed by atoms with Gasteiger partial charge in [0.15, 0.2) is 0 Å². The van der Waals surface area contributed by atoms with Crippen molar-refractivity contribution in [2.45, 2.75) is 31.4 Å². The number of hydrogen-bond acceptors (Lipinski definition) is 4. The van der Waals surface area contributed by atoms with Gasteiger partial charge in [-0.25, -0.2) is 4.39 Å². The molecule has 2 N–H and O–H groups in total. The van der Waals surface area contributed by atoms with Crippen molar-refractivity contribution < 1.29 is 22.3 Å². The number of aromatic nitrogens is 1. The van der Waals surface area contributed by atoms with Crippen LogP contribution in [0.2, 0.25) is 0 Å². The molecule has 0 radical (unpaired) electrons. The van der Waals surface area contributed by atoms with E-state index in [-0.39, 0.29) is 12.2 Å². The van der Waals surface area contributed by atoms with Crippen LogP contribution in [0.1, 0.15) is 12.1 Å². The zero-order chi connectivity index (χ0) is 25.0. The number of ether oxygens (including phenoxy) is 1. The monoisotopic (exact) mass is 488 g/mol. The van der Waals surface area contributed by atoms with E-state index in [2.05, 4.69) is 22.5 Å². The number of likely N-dealkylation sites (tertiary alicyclic amines) is 1. The van der Waals surface area contributed by atoms with E-state index in [1.165, 1.54) is 4.57 Å². The lowest BCUT2D eigenvalue weighted by Crippen LogP contribution is -2.46. The van der Waals surface area contributed by atoms with E-state index in [0.717, 1.165) is 18.0 Å². The summed E-state index contributed by atoms with van der Waals surface area (Å²) >= 11 is 0. The second-order valence-corrected chi connectivity index (χ2v) is 8.67. The van der Waals surface area contributed by atoms with Crippen molar-refractivity contribution in [3.05, 3.63) is 54.2 Å². The fourth-order valence-electron chi connectivity index (χ4n) is 4.27. The average Bonchev–Trinajstić information content (AvgIpc) is 3.15. The van der Waals surface area contributed by atoms with Crippen molar-refractivity contribution in [1.29, 1.82) is 0 Å². The Labute approximate surface area is 202 Å². The highest BCUT2D eigenvalue weighted by molar-refractivity contribution is 5.94. The quantitative estimate of drug-likeness (QED) is 0.373. The van der Waals surface area contributed by atoms with Crippen molar-refractivity contribution >= 4 is 22.3 Å². The highest BCUT2D eigenvalue weighted by atomic mass is 19.4. The van der Waals surface area contributed by atoms with E-state index in [1.807, 2.05) is 24.1 Å². The lowest BCUT2D eigenvalue weighted by Gasteiger charge is -2.33. The second kappa shape index (κ2) is 10.5. The molecule has 1 aliphatic rings. The number of hydrogen-bond donors (Lipinski definition) is 2. The predicted molar refractivity (Wildman–Crippen MR) is 131 cm³/mol. The standard InChI is InChI=1S/C26H28F4N4O/c1-33-14-12-24(22(27)16-33)32-23-6-3-7-25-21(23)15-19(34(25)17-26(28,29)30)5-4-13-31-18-8-10-20(35-2)11-9-18/h3,6-11,15,22,24,31-32H,12-14,16-17H2,1-2H3/t22-,24+/m0/s1.